The Bertz CT molecular complexity index is 1090. The van der Waals surface area contributed by atoms with Crippen molar-refractivity contribution < 1.29 is 13.6 Å². The summed E-state index contributed by atoms with van der Waals surface area (Å²) in [5.74, 6) is 2.39. The Kier molecular flexibility index (Phi) is 6.25. The highest BCUT2D eigenvalue weighted by atomic mass is 35.5. The molecule has 0 saturated heterocycles. The van der Waals surface area contributed by atoms with E-state index in [9.17, 15) is 4.79 Å². The van der Waals surface area contributed by atoms with Crippen molar-refractivity contribution in [3.63, 3.8) is 0 Å². The average molecular weight is 443 g/mol. The van der Waals surface area contributed by atoms with Crippen LogP contribution in [0.15, 0.2) is 75.0 Å². The molecule has 3 heterocycles. The lowest BCUT2D eigenvalue weighted by Gasteiger charge is -2.15. The highest BCUT2D eigenvalue weighted by molar-refractivity contribution is 7.99. The Hall–Kier alpha value is -2.97. The Balaban J connectivity index is 1.52. The first-order chi connectivity index (χ1) is 14.6. The molecule has 3 aromatic heterocycles. The van der Waals surface area contributed by atoms with E-state index in [4.69, 9.17) is 20.4 Å². The first kappa shape index (κ1) is 20.3. The maximum Gasteiger partial charge on any atom is 0.233 e. The zero-order valence-corrected chi connectivity index (χ0v) is 17.8. The molecule has 0 aliphatic rings. The first-order valence-corrected chi connectivity index (χ1v) is 10.6. The number of benzene rings is 1. The molecule has 0 spiro atoms. The van der Waals surface area contributed by atoms with Crippen LogP contribution in [0.1, 0.15) is 11.5 Å². The fraction of sp³-hybridized carbons (Fsp3) is 0.190. The lowest BCUT2D eigenvalue weighted by molar-refractivity contribution is -0.127. The van der Waals surface area contributed by atoms with Crippen molar-refractivity contribution in [2.75, 3.05) is 12.8 Å². The summed E-state index contributed by atoms with van der Waals surface area (Å²) in [4.78, 5) is 14.2. The first-order valence-electron chi connectivity index (χ1n) is 9.21. The normalized spacial score (nSPS) is 11.0. The fourth-order valence-corrected chi connectivity index (χ4v) is 3.87. The Morgan fingerprint density at radius 1 is 1.07 bits per heavy atom. The lowest BCUT2D eigenvalue weighted by Crippen LogP contribution is -2.27. The van der Waals surface area contributed by atoms with Crippen LogP contribution in [-0.4, -0.2) is 38.4 Å². The second-order valence-corrected chi connectivity index (χ2v) is 7.98. The van der Waals surface area contributed by atoms with E-state index in [0.29, 0.717) is 29.1 Å². The van der Waals surface area contributed by atoms with E-state index in [1.54, 1.807) is 30.5 Å². The highest BCUT2D eigenvalue weighted by Gasteiger charge is 2.18. The number of hydrogen-bond acceptors (Lipinski definition) is 6. The number of aromatic nitrogens is 3. The van der Waals surface area contributed by atoms with Gasteiger partial charge in [0.15, 0.2) is 11.0 Å². The van der Waals surface area contributed by atoms with Gasteiger partial charge in [-0.2, -0.15) is 0 Å². The fourth-order valence-electron chi connectivity index (χ4n) is 2.87. The van der Waals surface area contributed by atoms with Gasteiger partial charge in [0.2, 0.25) is 5.91 Å². The molecule has 0 saturated carbocycles. The summed E-state index contributed by atoms with van der Waals surface area (Å²) in [6.45, 7) is 0.873. The number of furan rings is 2. The van der Waals surface area contributed by atoms with Crippen LogP contribution in [0.5, 0.6) is 0 Å². The number of carbonyl (C=O) groups is 1. The third kappa shape index (κ3) is 4.77. The monoisotopic (exact) mass is 442 g/mol. The molecule has 0 N–H and O–H groups in total. The third-order valence-electron chi connectivity index (χ3n) is 4.44. The van der Waals surface area contributed by atoms with E-state index in [1.807, 2.05) is 47.0 Å². The van der Waals surface area contributed by atoms with Crippen molar-refractivity contribution in [1.82, 2.24) is 19.7 Å². The van der Waals surface area contributed by atoms with Crippen molar-refractivity contribution in [1.29, 1.82) is 0 Å². The van der Waals surface area contributed by atoms with E-state index in [1.165, 1.54) is 11.8 Å². The topological polar surface area (TPSA) is 77.3 Å². The molecule has 0 aliphatic heterocycles. The van der Waals surface area contributed by atoms with Gasteiger partial charge >= 0.3 is 0 Å². The van der Waals surface area contributed by atoms with Crippen molar-refractivity contribution in [3.05, 3.63) is 77.6 Å². The minimum absolute atomic E-state index is 0.0306. The largest absolute Gasteiger partial charge is 0.467 e. The molecule has 1 amide bonds. The summed E-state index contributed by atoms with van der Waals surface area (Å²) in [5, 5.41) is 9.95. The Labute approximate surface area is 182 Å². The predicted octanol–water partition coefficient (Wildman–Crippen LogP) is 4.58. The summed E-state index contributed by atoms with van der Waals surface area (Å²) in [6.07, 6.45) is 3.22. The molecule has 4 rings (SSSR count). The van der Waals surface area contributed by atoms with Gasteiger partial charge in [0.05, 0.1) is 31.4 Å². The van der Waals surface area contributed by atoms with Gasteiger partial charge in [-0.25, -0.2) is 0 Å². The van der Waals surface area contributed by atoms with E-state index < -0.39 is 0 Å². The molecule has 7 nitrogen and oxygen atoms in total. The van der Waals surface area contributed by atoms with Crippen LogP contribution in [0.4, 0.5) is 0 Å². The molecule has 4 aromatic rings. The van der Waals surface area contributed by atoms with Gasteiger partial charge < -0.3 is 13.7 Å². The lowest BCUT2D eigenvalue weighted by atomic mass is 10.2. The smallest absolute Gasteiger partial charge is 0.233 e. The molecule has 0 fully saturated rings. The summed E-state index contributed by atoms with van der Waals surface area (Å²) >= 11 is 7.35. The van der Waals surface area contributed by atoms with Crippen molar-refractivity contribution in [3.8, 4) is 11.4 Å². The minimum Gasteiger partial charge on any atom is -0.467 e. The second-order valence-electron chi connectivity index (χ2n) is 6.60. The molecule has 9 heteroatoms. The van der Waals surface area contributed by atoms with Crippen LogP contribution in [0.2, 0.25) is 5.02 Å². The maximum atomic E-state index is 12.6. The molecule has 0 atom stereocenters. The van der Waals surface area contributed by atoms with Crippen LogP contribution in [0, 0.1) is 0 Å². The zero-order valence-electron chi connectivity index (χ0n) is 16.2. The predicted molar refractivity (Wildman–Crippen MR) is 114 cm³/mol. The van der Waals surface area contributed by atoms with Gasteiger partial charge in [-0.3, -0.25) is 9.36 Å². The number of hydrogen-bond donors (Lipinski definition) is 0. The molecule has 154 valence electrons. The standard InChI is InChI=1S/C21H19ClN4O3S/c1-25(12-17-4-2-10-28-17)19(27)14-30-21-24-23-20(15-6-8-16(22)9-7-15)26(21)13-18-5-3-11-29-18/h2-11H,12-14H2,1H3. The van der Waals surface area contributed by atoms with E-state index >= 15 is 0 Å². The van der Waals surface area contributed by atoms with Crippen LogP contribution in [0.25, 0.3) is 11.4 Å². The average Bonchev–Trinajstić information content (AvgIpc) is 3.50. The molecule has 0 bridgehead atoms. The molecule has 1 aromatic carbocycles. The van der Waals surface area contributed by atoms with Crippen molar-refractivity contribution in [2.24, 2.45) is 0 Å². The number of thioether (sulfide) groups is 1. The van der Waals surface area contributed by atoms with Gasteiger partial charge in [-0.05, 0) is 48.5 Å². The maximum absolute atomic E-state index is 12.6. The number of nitrogens with zero attached hydrogens (tertiary/aromatic N) is 4. The minimum atomic E-state index is -0.0306. The number of rotatable bonds is 8. The highest BCUT2D eigenvalue weighted by Crippen LogP contribution is 2.26. The zero-order chi connectivity index (χ0) is 20.9. The van der Waals surface area contributed by atoms with Gasteiger partial charge in [-0.15, -0.1) is 10.2 Å². The summed E-state index contributed by atoms with van der Waals surface area (Å²) in [5.41, 5.74) is 0.881. The van der Waals surface area contributed by atoms with Gasteiger partial charge in [-0.1, -0.05) is 23.4 Å². The molecule has 30 heavy (non-hydrogen) atoms. The summed E-state index contributed by atoms with van der Waals surface area (Å²) < 4.78 is 12.7. The molecule has 0 unspecified atom stereocenters. The third-order valence-corrected chi connectivity index (χ3v) is 5.64. The van der Waals surface area contributed by atoms with Crippen molar-refractivity contribution >= 4 is 29.3 Å². The Morgan fingerprint density at radius 2 is 1.77 bits per heavy atom. The SMILES string of the molecule is CN(Cc1ccco1)C(=O)CSc1nnc(-c2ccc(Cl)cc2)n1Cc1ccco1. The van der Waals surface area contributed by atoms with Crippen LogP contribution >= 0.6 is 23.4 Å². The van der Waals surface area contributed by atoms with Crippen molar-refractivity contribution in [2.45, 2.75) is 18.2 Å². The number of carbonyl (C=O) groups excluding carboxylic acids is 1. The van der Waals surface area contributed by atoms with Crippen LogP contribution in [-0.2, 0) is 17.9 Å². The van der Waals surface area contributed by atoms with Gasteiger partial charge in [0, 0.05) is 17.6 Å². The summed E-state index contributed by atoms with van der Waals surface area (Å²) in [7, 11) is 1.75. The Morgan fingerprint density at radius 3 is 2.43 bits per heavy atom. The summed E-state index contributed by atoms with van der Waals surface area (Å²) in [6, 6.07) is 14.8. The number of amides is 1. The van der Waals surface area contributed by atoms with E-state index in [-0.39, 0.29) is 11.7 Å². The second kappa shape index (κ2) is 9.23. The van der Waals surface area contributed by atoms with Gasteiger partial charge in [0.1, 0.15) is 11.5 Å². The molecular weight excluding hydrogens is 424 g/mol. The van der Waals surface area contributed by atoms with E-state index in [2.05, 4.69) is 10.2 Å². The van der Waals surface area contributed by atoms with E-state index in [0.717, 1.165) is 17.1 Å². The van der Waals surface area contributed by atoms with Crippen LogP contribution in [0.3, 0.4) is 0 Å². The molecular formula is C21H19ClN4O3S. The molecule has 0 radical (unpaired) electrons. The number of halogens is 1. The quantitative estimate of drug-likeness (QED) is 0.371. The van der Waals surface area contributed by atoms with Gasteiger partial charge in [0.25, 0.3) is 0 Å². The van der Waals surface area contributed by atoms with Crippen LogP contribution < -0.4 is 0 Å². The molecule has 0 aliphatic carbocycles.